The highest BCUT2D eigenvalue weighted by atomic mass is 28.3. The molecule has 94 valence electrons. The van der Waals surface area contributed by atoms with E-state index in [1.807, 2.05) is 0 Å². The van der Waals surface area contributed by atoms with Crippen LogP contribution in [0.5, 0.6) is 0 Å². The SMILES string of the molecule is COC(=O)CC(=O)CCOCC[Si](C)(C)C. The number of hydrogen-bond acceptors (Lipinski definition) is 4. The summed E-state index contributed by atoms with van der Waals surface area (Å²) in [4.78, 5) is 22.0. The predicted octanol–water partition coefficient (Wildman–Crippen LogP) is 1.86. The largest absolute Gasteiger partial charge is 0.469 e. The van der Waals surface area contributed by atoms with Crippen molar-refractivity contribution in [3.05, 3.63) is 0 Å². The average Bonchev–Trinajstić information content (AvgIpc) is 2.15. The molecule has 0 aliphatic carbocycles. The molecule has 0 aromatic heterocycles. The minimum atomic E-state index is -1.05. The number of ether oxygens (including phenoxy) is 2. The van der Waals surface area contributed by atoms with Crippen LogP contribution in [-0.4, -0.2) is 40.1 Å². The van der Waals surface area contributed by atoms with Crippen molar-refractivity contribution in [2.75, 3.05) is 20.3 Å². The summed E-state index contributed by atoms with van der Waals surface area (Å²) < 4.78 is 9.76. The summed E-state index contributed by atoms with van der Waals surface area (Å²) in [6.45, 7) is 7.94. The van der Waals surface area contributed by atoms with E-state index in [2.05, 4.69) is 24.4 Å². The van der Waals surface area contributed by atoms with E-state index in [0.29, 0.717) is 19.6 Å². The maximum Gasteiger partial charge on any atom is 0.313 e. The van der Waals surface area contributed by atoms with Crippen molar-refractivity contribution in [3.8, 4) is 0 Å². The van der Waals surface area contributed by atoms with Gasteiger partial charge in [0, 0.05) is 21.1 Å². The fraction of sp³-hybridized carbons (Fsp3) is 0.818. The second-order valence-corrected chi connectivity index (χ2v) is 10.6. The molecule has 0 aromatic rings. The zero-order chi connectivity index (χ0) is 12.6. The van der Waals surface area contributed by atoms with E-state index >= 15 is 0 Å². The third-order valence-electron chi connectivity index (χ3n) is 2.09. The molecule has 0 aromatic carbocycles. The van der Waals surface area contributed by atoms with Crippen molar-refractivity contribution in [1.29, 1.82) is 0 Å². The van der Waals surface area contributed by atoms with Gasteiger partial charge in [-0.2, -0.15) is 0 Å². The molecule has 0 fully saturated rings. The molecule has 0 unspecified atom stereocenters. The summed E-state index contributed by atoms with van der Waals surface area (Å²) in [6.07, 6.45) is 0.147. The van der Waals surface area contributed by atoms with Crippen LogP contribution < -0.4 is 0 Å². The number of rotatable bonds is 8. The van der Waals surface area contributed by atoms with Crippen molar-refractivity contribution in [2.45, 2.75) is 38.5 Å². The third-order valence-corrected chi connectivity index (χ3v) is 3.79. The lowest BCUT2D eigenvalue weighted by atomic mass is 10.2. The molecular formula is C11H22O4Si. The van der Waals surface area contributed by atoms with Crippen molar-refractivity contribution >= 4 is 19.8 Å². The van der Waals surface area contributed by atoms with Crippen molar-refractivity contribution in [3.63, 3.8) is 0 Å². The van der Waals surface area contributed by atoms with E-state index in [4.69, 9.17) is 4.74 Å². The Kier molecular flexibility index (Phi) is 7.24. The lowest BCUT2D eigenvalue weighted by Crippen LogP contribution is -2.22. The van der Waals surface area contributed by atoms with Crippen LogP contribution >= 0.6 is 0 Å². The van der Waals surface area contributed by atoms with E-state index in [-0.39, 0.29) is 12.2 Å². The van der Waals surface area contributed by atoms with Gasteiger partial charge in [0.2, 0.25) is 0 Å². The molecule has 0 aliphatic heterocycles. The van der Waals surface area contributed by atoms with Gasteiger partial charge in [-0.3, -0.25) is 9.59 Å². The van der Waals surface area contributed by atoms with Crippen LogP contribution in [0.15, 0.2) is 0 Å². The first kappa shape index (κ1) is 15.3. The molecule has 0 spiro atoms. The van der Waals surface area contributed by atoms with Crippen LogP contribution in [0, 0.1) is 0 Å². The van der Waals surface area contributed by atoms with Crippen LogP contribution in [0.2, 0.25) is 25.7 Å². The highest BCUT2D eigenvalue weighted by molar-refractivity contribution is 6.76. The van der Waals surface area contributed by atoms with Crippen LogP contribution in [0.3, 0.4) is 0 Å². The summed E-state index contributed by atoms with van der Waals surface area (Å²) in [5, 5.41) is 0. The number of esters is 1. The van der Waals surface area contributed by atoms with E-state index in [9.17, 15) is 9.59 Å². The van der Waals surface area contributed by atoms with Crippen molar-refractivity contribution in [1.82, 2.24) is 0 Å². The third kappa shape index (κ3) is 9.86. The molecule has 0 saturated carbocycles. The van der Waals surface area contributed by atoms with Gasteiger partial charge in [-0.1, -0.05) is 19.6 Å². The monoisotopic (exact) mass is 246 g/mol. The summed E-state index contributed by atoms with van der Waals surface area (Å²) in [7, 11) is 0.227. The Bertz CT molecular complexity index is 233. The van der Waals surface area contributed by atoms with Crippen LogP contribution in [0.1, 0.15) is 12.8 Å². The van der Waals surface area contributed by atoms with E-state index < -0.39 is 14.0 Å². The van der Waals surface area contributed by atoms with Crippen LogP contribution in [-0.2, 0) is 19.1 Å². The zero-order valence-corrected chi connectivity index (χ0v) is 11.7. The van der Waals surface area contributed by atoms with Crippen molar-refractivity contribution in [2.24, 2.45) is 0 Å². The lowest BCUT2D eigenvalue weighted by molar-refractivity contribution is -0.143. The first-order chi connectivity index (χ1) is 7.35. The summed E-state index contributed by atoms with van der Waals surface area (Å²) >= 11 is 0. The molecule has 0 rings (SSSR count). The van der Waals surface area contributed by atoms with Crippen molar-refractivity contribution < 1.29 is 19.1 Å². The number of methoxy groups -OCH3 is 1. The smallest absolute Gasteiger partial charge is 0.313 e. The first-order valence-electron chi connectivity index (χ1n) is 5.51. The molecule has 0 saturated heterocycles. The molecule has 0 bridgehead atoms. The van der Waals surface area contributed by atoms with Gasteiger partial charge in [-0.15, -0.1) is 0 Å². The Morgan fingerprint density at radius 3 is 2.25 bits per heavy atom. The average molecular weight is 246 g/mol. The normalized spacial score (nSPS) is 11.2. The van der Waals surface area contributed by atoms with E-state index in [1.54, 1.807) is 0 Å². The molecule has 0 heterocycles. The summed E-state index contributed by atoms with van der Waals surface area (Å²) in [6, 6.07) is 1.10. The Labute approximate surface area is 98.3 Å². The highest BCUT2D eigenvalue weighted by Crippen LogP contribution is 2.07. The molecule has 0 N–H and O–H groups in total. The molecule has 5 heteroatoms. The summed E-state index contributed by atoms with van der Waals surface area (Å²) in [5.74, 6) is -0.605. The minimum absolute atomic E-state index is 0.125. The first-order valence-corrected chi connectivity index (χ1v) is 9.22. The van der Waals surface area contributed by atoms with Crippen LogP contribution in [0.4, 0.5) is 0 Å². The summed E-state index contributed by atoms with van der Waals surface area (Å²) in [5.41, 5.74) is 0. The second-order valence-electron chi connectivity index (χ2n) is 4.96. The molecule has 4 nitrogen and oxygen atoms in total. The number of ketones is 1. The molecular weight excluding hydrogens is 224 g/mol. The number of hydrogen-bond donors (Lipinski definition) is 0. The van der Waals surface area contributed by atoms with Gasteiger partial charge >= 0.3 is 5.97 Å². The maximum atomic E-state index is 11.2. The molecule has 0 radical (unpaired) electrons. The Morgan fingerprint density at radius 2 is 1.75 bits per heavy atom. The van der Waals surface area contributed by atoms with Gasteiger partial charge in [0.15, 0.2) is 0 Å². The topological polar surface area (TPSA) is 52.6 Å². The number of carbonyl (C=O) groups is 2. The molecule has 0 atom stereocenters. The quantitative estimate of drug-likeness (QED) is 0.284. The standard InChI is InChI=1S/C11H22O4Si/c1-14-11(13)9-10(12)5-6-15-7-8-16(2,3)4/h5-9H2,1-4H3. The zero-order valence-electron chi connectivity index (χ0n) is 10.7. The number of Topliss-reactive ketones (excluding diaryl/α,β-unsaturated/α-hetero) is 1. The number of carbonyl (C=O) groups excluding carboxylic acids is 2. The molecule has 0 amide bonds. The van der Waals surface area contributed by atoms with Gasteiger partial charge in [0.1, 0.15) is 12.2 Å². The Balaban J connectivity index is 3.45. The van der Waals surface area contributed by atoms with E-state index in [0.717, 1.165) is 6.04 Å². The van der Waals surface area contributed by atoms with Gasteiger partial charge < -0.3 is 9.47 Å². The minimum Gasteiger partial charge on any atom is -0.469 e. The van der Waals surface area contributed by atoms with Gasteiger partial charge in [-0.25, -0.2) is 0 Å². The maximum absolute atomic E-state index is 11.2. The Hall–Kier alpha value is -0.683. The van der Waals surface area contributed by atoms with Gasteiger partial charge in [-0.05, 0) is 6.04 Å². The lowest BCUT2D eigenvalue weighted by Gasteiger charge is -2.15. The van der Waals surface area contributed by atoms with Gasteiger partial charge in [0.25, 0.3) is 0 Å². The van der Waals surface area contributed by atoms with Crippen LogP contribution in [0.25, 0.3) is 0 Å². The fourth-order valence-electron chi connectivity index (χ4n) is 0.988. The highest BCUT2D eigenvalue weighted by Gasteiger charge is 2.13. The molecule has 0 aliphatic rings. The fourth-order valence-corrected chi connectivity index (χ4v) is 1.74. The van der Waals surface area contributed by atoms with E-state index in [1.165, 1.54) is 7.11 Å². The molecule has 16 heavy (non-hydrogen) atoms. The van der Waals surface area contributed by atoms with Gasteiger partial charge in [0.05, 0.1) is 13.7 Å². The predicted molar refractivity (Wildman–Crippen MR) is 65.2 cm³/mol. The Morgan fingerprint density at radius 1 is 1.12 bits per heavy atom. The second kappa shape index (κ2) is 7.57.